The van der Waals surface area contributed by atoms with Crippen molar-refractivity contribution in [2.24, 2.45) is 0 Å². The van der Waals surface area contributed by atoms with Gasteiger partial charge in [0.2, 0.25) is 0 Å². The first kappa shape index (κ1) is 20.5. The second-order valence-electron chi connectivity index (χ2n) is 4.14. The van der Waals surface area contributed by atoms with Crippen LogP contribution in [0.4, 0.5) is 0 Å². The molecule has 126 valence electrons. The maximum atomic E-state index is 11.4. The number of hydrogen-bond donors (Lipinski definition) is 4. The molecule has 10 nitrogen and oxygen atoms in total. The fourth-order valence-corrected chi connectivity index (χ4v) is 3.41. The van der Waals surface area contributed by atoms with E-state index in [4.69, 9.17) is 0 Å². The van der Waals surface area contributed by atoms with Gasteiger partial charge in [-0.1, -0.05) is 21.6 Å². The molecule has 2 atom stereocenters. The van der Waals surface area contributed by atoms with Gasteiger partial charge in [0.05, 0.1) is 36.5 Å². The molecule has 2 amide bonds. The van der Waals surface area contributed by atoms with Crippen molar-refractivity contribution in [3.05, 3.63) is 0 Å². The molecule has 0 aliphatic rings. The van der Waals surface area contributed by atoms with E-state index < -0.39 is 48.9 Å². The highest BCUT2D eigenvalue weighted by Gasteiger charge is 2.19. The van der Waals surface area contributed by atoms with Crippen LogP contribution in [0.15, 0.2) is 0 Å². The van der Waals surface area contributed by atoms with Gasteiger partial charge in [-0.15, -0.1) is 0 Å². The van der Waals surface area contributed by atoms with Crippen LogP contribution in [0.1, 0.15) is 0 Å². The van der Waals surface area contributed by atoms with Crippen molar-refractivity contribution in [2.45, 2.75) is 12.1 Å². The molecule has 0 saturated carbocycles. The first-order chi connectivity index (χ1) is 10.2. The zero-order chi connectivity index (χ0) is 17.1. The quantitative estimate of drug-likeness (QED) is 0.207. The summed E-state index contributed by atoms with van der Waals surface area (Å²) in [5.41, 5.74) is 7.18. The van der Waals surface area contributed by atoms with E-state index in [9.17, 15) is 29.4 Å². The minimum atomic E-state index is -1.38. The van der Waals surface area contributed by atoms with Crippen LogP contribution in [0, 0.1) is 0 Å². The number of hydrogen-bond acceptors (Lipinski definition) is 8. The summed E-state index contributed by atoms with van der Waals surface area (Å²) < 4.78 is 0. The second-order valence-corrected chi connectivity index (χ2v) is 6.69. The number of carbonyl (C=O) groups is 4. The molecule has 0 aromatic heterocycles. The smallest absolute Gasteiger partial charge is 0.279 e. The maximum absolute atomic E-state index is 11.4. The van der Waals surface area contributed by atoms with Crippen LogP contribution >= 0.6 is 21.6 Å². The molecule has 0 unspecified atom stereocenters. The fraction of sp³-hybridized carbons (Fsp3) is 0.600. The topological polar surface area (TPSA) is 194 Å². The summed E-state index contributed by atoms with van der Waals surface area (Å²) in [5, 5.41) is 24.7. The van der Waals surface area contributed by atoms with E-state index in [2.05, 4.69) is 22.1 Å². The van der Waals surface area contributed by atoms with Gasteiger partial charge in [0.1, 0.15) is 0 Å². The van der Waals surface area contributed by atoms with Crippen LogP contribution in [-0.2, 0) is 19.2 Å². The molecule has 0 radical (unpaired) electrons. The number of carboxylic acid groups (broad SMARTS) is 2. The highest BCUT2D eigenvalue weighted by Crippen LogP contribution is 2.21. The van der Waals surface area contributed by atoms with Crippen molar-refractivity contribution >= 4 is 45.3 Å². The third-order valence-corrected chi connectivity index (χ3v) is 4.74. The molecule has 0 heterocycles. The lowest BCUT2D eigenvalue weighted by molar-refractivity contribution is -0.396. The van der Waals surface area contributed by atoms with Crippen LogP contribution in [-0.4, -0.2) is 60.4 Å². The highest BCUT2D eigenvalue weighted by molar-refractivity contribution is 8.76. The maximum Gasteiger partial charge on any atom is 0.279 e. The third kappa shape index (κ3) is 10.3. The lowest BCUT2D eigenvalue weighted by Crippen LogP contribution is -2.69. The molecule has 22 heavy (non-hydrogen) atoms. The SMILES string of the molecule is [NH3+][C@@H](CSSC[C@H]([NH3+])C(=O)NCC(=O)[O-])C(=O)NCC(=O)[O-]. The molecule has 8 N–H and O–H groups in total. The van der Waals surface area contributed by atoms with E-state index in [0.29, 0.717) is 11.5 Å². The van der Waals surface area contributed by atoms with Crippen LogP contribution in [0.5, 0.6) is 0 Å². The number of carbonyl (C=O) groups excluding carboxylic acids is 4. The Kier molecular flexibility index (Phi) is 10.4. The van der Waals surface area contributed by atoms with Crippen molar-refractivity contribution in [2.75, 3.05) is 24.6 Å². The molecular weight excluding hydrogens is 336 g/mol. The van der Waals surface area contributed by atoms with E-state index in [1.165, 1.54) is 21.6 Å². The van der Waals surface area contributed by atoms with Gasteiger partial charge in [-0.05, 0) is 0 Å². The fourth-order valence-electron chi connectivity index (χ4n) is 1.02. The zero-order valence-electron chi connectivity index (χ0n) is 11.7. The van der Waals surface area contributed by atoms with E-state index in [-0.39, 0.29) is 0 Å². The molecule has 0 aliphatic heterocycles. The summed E-state index contributed by atoms with van der Waals surface area (Å²) in [7, 11) is 2.55. The summed E-state index contributed by atoms with van der Waals surface area (Å²) in [5.74, 6) is -3.14. The van der Waals surface area contributed by atoms with Crippen molar-refractivity contribution in [3.63, 3.8) is 0 Å². The largest absolute Gasteiger partial charge is 0.548 e. The third-order valence-electron chi connectivity index (χ3n) is 2.18. The Labute approximate surface area is 134 Å². The molecule has 0 aromatic rings. The van der Waals surface area contributed by atoms with E-state index in [1.54, 1.807) is 0 Å². The Morgan fingerprint density at radius 1 is 0.818 bits per heavy atom. The zero-order valence-corrected chi connectivity index (χ0v) is 13.3. The van der Waals surface area contributed by atoms with Gasteiger partial charge in [-0.3, -0.25) is 9.59 Å². The van der Waals surface area contributed by atoms with Gasteiger partial charge >= 0.3 is 0 Å². The molecule has 0 saturated heterocycles. The standard InChI is InChI=1S/C10H18N4O6S2/c11-5(9(19)13-1-7(15)16)3-21-22-4-6(12)10(20)14-2-8(17)18/h5-6H,1-4,11-12H2,(H,13,19)(H,14,20)(H,15,16)(H,17,18)/t5-,6-/m0/s1. The van der Waals surface area contributed by atoms with Crippen molar-refractivity contribution < 1.29 is 40.9 Å². The number of quaternary nitrogens is 2. The van der Waals surface area contributed by atoms with E-state index >= 15 is 0 Å². The average molecular weight is 354 g/mol. The van der Waals surface area contributed by atoms with Gasteiger partial charge < -0.3 is 41.9 Å². The van der Waals surface area contributed by atoms with Gasteiger partial charge in [-0.25, -0.2) is 0 Å². The first-order valence-corrected chi connectivity index (χ1v) is 8.58. The summed E-state index contributed by atoms with van der Waals surface area (Å²) >= 11 is 0. The summed E-state index contributed by atoms with van der Waals surface area (Å²) in [6.45, 7) is -1.13. The molecule has 0 spiro atoms. The Balaban J connectivity index is 3.82. The van der Waals surface area contributed by atoms with E-state index in [0.717, 1.165) is 0 Å². The van der Waals surface area contributed by atoms with E-state index in [1.807, 2.05) is 0 Å². The molecule has 12 heteroatoms. The predicted octanol–water partition coefficient (Wildman–Crippen LogP) is -6.68. The normalized spacial score (nSPS) is 13.0. The number of carboxylic acids is 2. The van der Waals surface area contributed by atoms with Gasteiger partial charge in [0, 0.05) is 0 Å². The van der Waals surface area contributed by atoms with Crippen molar-refractivity contribution in [3.8, 4) is 0 Å². The van der Waals surface area contributed by atoms with Crippen molar-refractivity contribution in [1.29, 1.82) is 0 Å². The number of aliphatic carboxylic acids is 2. The minimum absolute atomic E-state index is 0.316. The average Bonchev–Trinajstić information content (AvgIpc) is 2.45. The minimum Gasteiger partial charge on any atom is -0.548 e. The van der Waals surface area contributed by atoms with Crippen LogP contribution in [0.25, 0.3) is 0 Å². The molecule has 0 fully saturated rings. The van der Waals surface area contributed by atoms with Crippen molar-refractivity contribution in [1.82, 2.24) is 10.6 Å². The summed E-state index contributed by atoms with van der Waals surface area (Å²) in [6.07, 6.45) is 0. The molecule has 0 bridgehead atoms. The molecule has 0 aromatic carbocycles. The number of amides is 2. The van der Waals surface area contributed by atoms with Crippen LogP contribution < -0.4 is 32.3 Å². The first-order valence-electron chi connectivity index (χ1n) is 6.09. The summed E-state index contributed by atoms with van der Waals surface area (Å²) in [6, 6.07) is -1.29. The monoisotopic (exact) mass is 354 g/mol. The lowest BCUT2D eigenvalue weighted by atomic mass is 10.3. The van der Waals surface area contributed by atoms with Gasteiger partial charge in [0.15, 0.2) is 12.1 Å². The second kappa shape index (κ2) is 11.1. The Hall–Kier alpha value is -1.50. The lowest BCUT2D eigenvalue weighted by Gasteiger charge is -2.11. The van der Waals surface area contributed by atoms with Crippen LogP contribution in [0.3, 0.4) is 0 Å². The summed E-state index contributed by atoms with van der Waals surface area (Å²) in [4.78, 5) is 43.2. The Morgan fingerprint density at radius 3 is 1.41 bits per heavy atom. The number of rotatable bonds is 11. The Bertz CT molecular complexity index is 384. The molecule has 0 aliphatic carbocycles. The van der Waals surface area contributed by atoms with Crippen LogP contribution in [0.2, 0.25) is 0 Å². The van der Waals surface area contributed by atoms with Gasteiger partial charge in [-0.2, -0.15) is 0 Å². The van der Waals surface area contributed by atoms with Gasteiger partial charge in [0.25, 0.3) is 11.8 Å². The molecule has 0 rings (SSSR count). The number of nitrogens with one attached hydrogen (secondary N) is 2. The molecular formula is C10H18N4O6S2. The highest BCUT2D eigenvalue weighted by atomic mass is 33.1. The Morgan fingerprint density at radius 2 is 1.14 bits per heavy atom. The predicted molar refractivity (Wildman–Crippen MR) is 74.3 cm³/mol.